The van der Waals surface area contributed by atoms with Crippen LogP contribution < -0.4 is 0 Å². The number of nitrogens with zero attached hydrogens (tertiary/aromatic N) is 4. The van der Waals surface area contributed by atoms with Gasteiger partial charge in [0.15, 0.2) is 5.65 Å². The van der Waals surface area contributed by atoms with Crippen LogP contribution >= 0.6 is 0 Å². The van der Waals surface area contributed by atoms with Crippen molar-refractivity contribution >= 4 is 16.9 Å². The molecule has 1 saturated carbocycles. The molecule has 1 aliphatic carbocycles. The third-order valence-corrected chi connectivity index (χ3v) is 5.93. The number of benzene rings is 1. The minimum absolute atomic E-state index is 0.0202. The van der Waals surface area contributed by atoms with Gasteiger partial charge in [-0.15, -0.1) is 0 Å². The largest absolute Gasteiger partial charge is 0.367 e. The van der Waals surface area contributed by atoms with Gasteiger partial charge in [0.25, 0.3) is 5.91 Å². The average molecular weight is 390 g/mol. The number of carbonyl (C=O) groups is 1. The maximum absolute atomic E-state index is 13.7. The van der Waals surface area contributed by atoms with Crippen LogP contribution in [-0.4, -0.2) is 44.8 Å². The van der Waals surface area contributed by atoms with Gasteiger partial charge < -0.3 is 9.64 Å². The molecule has 1 aliphatic heterocycles. The molecule has 3 aromatic rings. The number of hydrogen-bond acceptors (Lipinski definition) is 4. The van der Waals surface area contributed by atoms with Crippen molar-refractivity contribution in [3.8, 4) is 0 Å². The highest BCUT2D eigenvalue weighted by Gasteiger charge is 2.33. The zero-order valence-electron chi connectivity index (χ0n) is 17.1. The SMILES string of the molecule is Cc1nn(C)c2nc(C3CC3)cc(C(=O)N3CC(C)OC(c4ccccc4)C3)c12. The van der Waals surface area contributed by atoms with E-state index in [0.29, 0.717) is 19.0 Å². The first-order valence-electron chi connectivity index (χ1n) is 10.3. The van der Waals surface area contributed by atoms with Crippen molar-refractivity contribution in [1.29, 1.82) is 0 Å². The number of rotatable bonds is 3. The first-order chi connectivity index (χ1) is 14.0. The highest BCUT2D eigenvalue weighted by Crippen LogP contribution is 2.40. The number of aryl methyl sites for hydroxylation is 2. The van der Waals surface area contributed by atoms with Crippen LogP contribution in [0.25, 0.3) is 11.0 Å². The second-order valence-electron chi connectivity index (χ2n) is 8.33. The van der Waals surface area contributed by atoms with Gasteiger partial charge in [0.05, 0.1) is 29.3 Å². The summed E-state index contributed by atoms with van der Waals surface area (Å²) in [7, 11) is 1.90. The van der Waals surface area contributed by atoms with E-state index in [1.54, 1.807) is 4.68 Å². The van der Waals surface area contributed by atoms with Crippen LogP contribution in [0.4, 0.5) is 0 Å². The van der Waals surface area contributed by atoms with Gasteiger partial charge in [-0.05, 0) is 38.3 Å². The summed E-state index contributed by atoms with van der Waals surface area (Å²) < 4.78 is 7.95. The lowest BCUT2D eigenvalue weighted by atomic mass is 10.0. The van der Waals surface area contributed by atoms with Gasteiger partial charge in [-0.2, -0.15) is 5.10 Å². The molecule has 2 fully saturated rings. The molecule has 5 rings (SSSR count). The number of morpholine rings is 1. The summed E-state index contributed by atoms with van der Waals surface area (Å²) in [6.07, 6.45) is 2.16. The Kier molecular flexibility index (Phi) is 4.39. The zero-order chi connectivity index (χ0) is 20.1. The fraction of sp³-hybridized carbons (Fsp3) is 0.435. The highest BCUT2D eigenvalue weighted by atomic mass is 16.5. The van der Waals surface area contributed by atoms with E-state index in [-0.39, 0.29) is 18.1 Å². The Hall–Kier alpha value is -2.73. The van der Waals surface area contributed by atoms with E-state index < -0.39 is 0 Å². The quantitative estimate of drug-likeness (QED) is 0.683. The summed E-state index contributed by atoms with van der Waals surface area (Å²) in [6, 6.07) is 12.2. The Morgan fingerprint density at radius 3 is 2.66 bits per heavy atom. The molecule has 29 heavy (non-hydrogen) atoms. The lowest BCUT2D eigenvalue weighted by Crippen LogP contribution is -2.46. The second kappa shape index (κ2) is 6.95. The Labute approximate surface area is 170 Å². The average Bonchev–Trinajstić information content (AvgIpc) is 3.53. The highest BCUT2D eigenvalue weighted by molar-refractivity contribution is 6.06. The zero-order valence-corrected chi connectivity index (χ0v) is 17.1. The molecule has 2 unspecified atom stereocenters. The van der Waals surface area contributed by atoms with Gasteiger partial charge in [0.2, 0.25) is 0 Å². The standard InChI is InChI=1S/C23H26N4O2/c1-14-12-27(13-20(29-14)17-7-5-4-6-8-17)23(28)18-11-19(16-9-10-16)24-22-21(18)15(2)25-26(22)3/h4-8,11,14,16,20H,9-10,12-13H2,1-3H3. The Bertz CT molecular complexity index is 1070. The van der Waals surface area contributed by atoms with Crippen molar-refractivity contribution in [1.82, 2.24) is 19.7 Å². The van der Waals surface area contributed by atoms with Crippen LogP contribution in [0.15, 0.2) is 36.4 Å². The number of pyridine rings is 1. The molecule has 2 atom stereocenters. The Morgan fingerprint density at radius 2 is 1.93 bits per heavy atom. The van der Waals surface area contributed by atoms with E-state index in [1.165, 1.54) is 0 Å². The summed E-state index contributed by atoms with van der Waals surface area (Å²) in [5.41, 5.74) is 4.50. The lowest BCUT2D eigenvalue weighted by molar-refractivity contribution is -0.0691. The molecule has 6 nitrogen and oxygen atoms in total. The summed E-state index contributed by atoms with van der Waals surface area (Å²) in [4.78, 5) is 20.5. The third kappa shape index (κ3) is 3.31. The minimum atomic E-state index is -0.112. The maximum Gasteiger partial charge on any atom is 0.254 e. The van der Waals surface area contributed by atoms with Crippen LogP contribution in [0.3, 0.4) is 0 Å². The molecule has 150 valence electrons. The third-order valence-electron chi connectivity index (χ3n) is 5.93. The molecule has 0 bridgehead atoms. The first-order valence-corrected chi connectivity index (χ1v) is 10.3. The first kappa shape index (κ1) is 18.3. The van der Waals surface area contributed by atoms with E-state index in [9.17, 15) is 4.79 Å². The summed E-state index contributed by atoms with van der Waals surface area (Å²) in [5, 5.41) is 5.41. The molecule has 3 heterocycles. The van der Waals surface area contributed by atoms with Crippen molar-refractivity contribution in [2.75, 3.05) is 13.1 Å². The van der Waals surface area contributed by atoms with E-state index in [2.05, 4.69) is 17.2 Å². The number of fused-ring (bicyclic) bond motifs is 1. The van der Waals surface area contributed by atoms with Crippen LogP contribution in [0, 0.1) is 6.92 Å². The van der Waals surface area contributed by atoms with E-state index in [1.807, 2.05) is 50.1 Å². The van der Waals surface area contributed by atoms with Gasteiger partial charge in [-0.3, -0.25) is 9.48 Å². The van der Waals surface area contributed by atoms with Crippen molar-refractivity contribution in [3.05, 3.63) is 58.9 Å². The number of ether oxygens (including phenoxy) is 1. The van der Waals surface area contributed by atoms with Crippen molar-refractivity contribution in [2.24, 2.45) is 7.05 Å². The number of hydrogen-bond donors (Lipinski definition) is 0. The van der Waals surface area contributed by atoms with Crippen molar-refractivity contribution < 1.29 is 9.53 Å². The molecule has 6 heteroatoms. The second-order valence-corrected chi connectivity index (χ2v) is 8.33. The van der Waals surface area contributed by atoms with Gasteiger partial charge in [-0.25, -0.2) is 4.98 Å². The van der Waals surface area contributed by atoms with Gasteiger partial charge in [0.1, 0.15) is 6.10 Å². The van der Waals surface area contributed by atoms with E-state index in [0.717, 1.165) is 46.4 Å². The van der Waals surface area contributed by atoms with Crippen LogP contribution in [0.1, 0.15) is 59.1 Å². The normalized spacial score (nSPS) is 22.2. The fourth-order valence-corrected chi connectivity index (χ4v) is 4.36. The molecule has 1 aromatic carbocycles. The number of amides is 1. The minimum Gasteiger partial charge on any atom is -0.367 e. The summed E-state index contributed by atoms with van der Waals surface area (Å²) in [5.74, 6) is 0.522. The monoisotopic (exact) mass is 390 g/mol. The molecule has 2 aliphatic rings. The Balaban J connectivity index is 1.53. The number of carbonyl (C=O) groups excluding carboxylic acids is 1. The molecule has 2 aromatic heterocycles. The Morgan fingerprint density at radius 1 is 1.17 bits per heavy atom. The van der Waals surface area contributed by atoms with Crippen LogP contribution in [0.5, 0.6) is 0 Å². The lowest BCUT2D eigenvalue weighted by Gasteiger charge is -2.37. The van der Waals surface area contributed by atoms with Gasteiger partial charge in [0, 0.05) is 25.2 Å². The molecular weight excluding hydrogens is 364 g/mol. The van der Waals surface area contributed by atoms with Gasteiger partial charge >= 0.3 is 0 Å². The smallest absolute Gasteiger partial charge is 0.254 e. The molecule has 0 N–H and O–H groups in total. The van der Waals surface area contributed by atoms with E-state index in [4.69, 9.17) is 9.72 Å². The topological polar surface area (TPSA) is 60.2 Å². The van der Waals surface area contributed by atoms with Gasteiger partial charge in [-0.1, -0.05) is 30.3 Å². The van der Waals surface area contributed by atoms with Crippen LogP contribution in [0.2, 0.25) is 0 Å². The summed E-state index contributed by atoms with van der Waals surface area (Å²) in [6.45, 7) is 5.12. The maximum atomic E-state index is 13.7. The molecule has 0 radical (unpaired) electrons. The summed E-state index contributed by atoms with van der Waals surface area (Å²) >= 11 is 0. The van der Waals surface area contributed by atoms with Crippen molar-refractivity contribution in [3.63, 3.8) is 0 Å². The molecule has 0 spiro atoms. The number of aromatic nitrogens is 3. The predicted octanol–water partition coefficient (Wildman–Crippen LogP) is 3.76. The van der Waals surface area contributed by atoms with Crippen molar-refractivity contribution in [2.45, 2.75) is 44.8 Å². The fourth-order valence-electron chi connectivity index (χ4n) is 4.36. The van der Waals surface area contributed by atoms with Crippen LogP contribution in [-0.2, 0) is 11.8 Å². The molecule has 1 saturated heterocycles. The van der Waals surface area contributed by atoms with E-state index >= 15 is 0 Å². The predicted molar refractivity (Wildman–Crippen MR) is 111 cm³/mol. The molecular formula is C23H26N4O2. The molecule has 1 amide bonds.